The van der Waals surface area contributed by atoms with Crippen molar-refractivity contribution in [3.63, 3.8) is 0 Å². The molecule has 0 fully saturated rings. The average molecular weight is 447 g/mol. The Morgan fingerprint density at radius 3 is 2.77 bits per heavy atom. The smallest absolute Gasteiger partial charge is 0.407 e. The number of nitrogens with zero attached hydrogens (tertiary/aromatic N) is 3. The van der Waals surface area contributed by atoms with Gasteiger partial charge >= 0.3 is 6.09 Å². The number of nitrogens with one attached hydrogen (secondary N) is 1. The Morgan fingerprint density at radius 2 is 2.10 bits per heavy atom. The van der Waals surface area contributed by atoms with Crippen LogP contribution in [0, 0.1) is 0 Å². The first kappa shape index (κ1) is 22.5. The van der Waals surface area contributed by atoms with Crippen LogP contribution < -0.4 is 10.1 Å². The van der Waals surface area contributed by atoms with Crippen LogP contribution in [0.5, 0.6) is 11.6 Å². The summed E-state index contributed by atoms with van der Waals surface area (Å²) in [5, 5.41) is 16.6. The maximum atomic E-state index is 11.9. The van der Waals surface area contributed by atoms with Gasteiger partial charge in [0.25, 0.3) is 0 Å². The van der Waals surface area contributed by atoms with Gasteiger partial charge in [-0.15, -0.1) is 0 Å². The Balaban J connectivity index is 1.65. The second-order valence-corrected chi connectivity index (χ2v) is 8.12. The lowest BCUT2D eigenvalue weighted by Crippen LogP contribution is -2.42. The highest BCUT2D eigenvalue weighted by atomic mass is 35.5. The van der Waals surface area contributed by atoms with Gasteiger partial charge < -0.3 is 24.4 Å². The number of amides is 1. The van der Waals surface area contributed by atoms with E-state index in [1.165, 1.54) is 6.20 Å². The number of carbonyl (C=O) groups is 1. The van der Waals surface area contributed by atoms with Crippen molar-refractivity contribution in [1.82, 2.24) is 20.4 Å². The van der Waals surface area contributed by atoms with Gasteiger partial charge in [-0.25, -0.2) is 9.78 Å². The fraction of sp³-hybridized carbons (Fsp3) is 0.333. The largest absolute Gasteiger partial charge is 0.444 e. The number of alkyl carbamates (subject to hydrolysis) is 1. The monoisotopic (exact) mass is 446 g/mol. The normalized spacial score (nSPS) is 12.3. The van der Waals surface area contributed by atoms with E-state index < -0.39 is 17.7 Å². The number of aromatic nitrogens is 3. The predicted molar refractivity (Wildman–Crippen MR) is 113 cm³/mol. The predicted octanol–water partition coefficient (Wildman–Crippen LogP) is 4.01. The molecule has 0 unspecified atom stereocenters. The van der Waals surface area contributed by atoms with Crippen LogP contribution >= 0.6 is 11.6 Å². The molecular formula is C21H23ClN4O5. The first-order chi connectivity index (χ1) is 14.7. The Bertz CT molecular complexity index is 1020. The van der Waals surface area contributed by atoms with Crippen molar-refractivity contribution in [3.05, 3.63) is 53.5 Å². The lowest BCUT2D eigenvalue weighted by atomic mass is 10.2. The minimum absolute atomic E-state index is 0.146. The van der Waals surface area contributed by atoms with E-state index in [4.69, 9.17) is 25.6 Å². The summed E-state index contributed by atoms with van der Waals surface area (Å²) in [5.74, 6) is 1.54. The Morgan fingerprint density at radius 1 is 1.29 bits per heavy atom. The molecule has 1 aromatic carbocycles. The van der Waals surface area contributed by atoms with Gasteiger partial charge in [0.05, 0.1) is 17.7 Å². The summed E-state index contributed by atoms with van der Waals surface area (Å²) < 4.78 is 16.2. The fourth-order valence-electron chi connectivity index (χ4n) is 2.54. The summed E-state index contributed by atoms with van der Waals surface area (Å²) in [5.41, 5.74) is 0.0261. The van der Waals surface area contributed by atoms with Crippen LogP contribution in [-0.2, 0) is 11.2 Å². The third-order valence-corrected chi connectivity index (χ3v) is 4.07. The first-order valence-corrected chi connectivity index (χ1v) is 9.92. The number of rotatable bonds is 7. The van der Waals surface area contributed by atoms with E-state index in [0.29, 0.717) is 28.0 Å². The fourth-order valence-corrected chi connectivity index (χ4v) is 2.66. The summed E-state index contributed by atoms with van der Waals surface area (Å²) in [6, 6.07) is 9.82. The molecule has 31 heavy (non-hydrogen) atoms. The van der Waals surface area contributed by atoms with E-state index in [1.807, 2.05) is 0 Å². The minimum Gasteiger partial charge on any atom is -0.444 e. The van der Waals surface area contributed by atoms with Crippen molar-refractivity contribution >= 4 is 17.7 Å². The SMILES string of the molecule is CC(C)(C)OC(=O)N[C@H](CO)Cc1nc(-c2cccc(Oc3ccc(Cl)cn3)c2)no1. The van der Waals surface area contributed by atoms with Crippen molar-refractivity contribution in [2.24, 2.45) is 0 Å². The topological polar surface area (TPSA) is 120 Å². The van der Waals surface area contributed by atoms with Crippen LogP contribution in [0.3, 0.4) is 0 Å². The molecule has 0 aliphatic heterocycles. The molecule has 0 radical (unpaired) electrons. The molecule has 10 heteroatoms. The molecule has 1 atom stereocenters. The van der Waals surface area contributed by atoms with Gasteiger partial charge in [-0.2, -0.15) is 4.98 Å². The van der Waals surface area contributed by atoms with Crippen molar-refractivity contribution < 1.29 is 23.9 Å². The van der Waals surface area contributed by atoms with Crippen LogP contribution in [0.25, 0.3) is 11.4 Å². The van der Waals surface area contributed by atoms with Crippen LogP contribution in [-0.4, -0.2) is 44.6 Å². The molecule has 2 N–H and O–H groups in total. The highest BCUT2D eigenvalue weighted by Gasteiger charge is 2.21. The lowest BCUT2D eigenvalue weighted by Gasteiger charge is -2.22. The van der Waals surface area contributed by atoms with Crippen molar-refractivity contribution in [2.75, 3.05) is 6.61 Å². The van der Waals surface area contributed by atoms with Gasteiger partial charge in [0, 0.05) is 24.2 Å². The average Bonchev–Trinajstić information content (AvgIpc) is 3.16. The molecule has 3 aromatic rings. The summed E-state index contributed by atoms with van der Waals surface area (Å²) in [7, 11) is 0. The highest BCUT2D eigenvalue weighted by molar-refractivity contribution is 6.30. The molecule has 2 aromatic heterocycles. The zero-order valence-electron chi connectivity index (χ0n) is 17.3. The Hall–Kier alpha value is -3.17. The molecular weight excluding hydrogens is 424 g/mol. The van der Waals surface area contributed by atoms with E-state index in [2.05, 4.69) is 20.4 Å². The standard InChI is InChI=1S/C21H23ClN4O5/c1-21(2,3)30-20(28)24-15(12-27)10-18-25-19(26-31-18)13-5-4-6-16(9-13)29-17-8-7-14(22)11-23-17/h4-9,11,15,27H,10,12H2,1-3H3,(H,24,28)/t15-/m0/s1. The second-order valence-electron chi connectivity index (χ2n) is 7.69. The van der Waals surface area contributed by atoms with Gasteiger partial charge in [0.1, 0.15) is 11.4 Å². The first-order valence-electron chi connectivity index (χ1n) is 9.54. The van der Waals surface area contributed by atoms with Crippen molar-refractivity contribution in [1.29, 1.82) is 0 Å². The summed E-state index contributed by atoms with van der Waals surface area (Å²) >= 11 is 5.83. The molecule has 0 spiro atoms. The lowest BCUT2D eigenvalue weighted by molar-refractivity contribution is 0.0480. The molecule has 9 nitrogen and oxygen atoms in total. The number of hydrogen-bond donors (Lipinski definition) is 2. The summed E-state index contributed by atoms with van der Waals surface area (Å²) in [6.07, 6.45) is 1.01. The van der Waals surface area contributed by atoms with Crippen LogP contribution in [0.4, 0.5) is 4.79 Å². The van der Waals surface area contributed by atoms with E-state index in [-0.39, 0.29) is 18.9 Å². The number of pyridine rings is 1. The van der Waals surface area contributed by atoms with Crippen molar-refractivity contribution in [2.45, 2.75) is 38.8 Å². The molecule has 164 valence electrons. The number of aliphatic hydroxyl groups excluding tert-OH is 1. The minimum atomic E-state index is -0.642. The number of aliphatic hydroxyl groups is 1. The van der Waals surface area contributed by atoms with E-state index in [1.54, 1.807) is 57.2 Å². The van der Waals surface area contributed by atoms with Gasteiger partial charge in [-0.05, 0) is 39.0 Å². The number of ether oxygens (including phenoxy) is 2. The zero-order valence-corrected chi connectivity index (χ0v) is 18.1. The number of halogens is 1. The molecule has 3 rings (SSSR count). The van der Waals surface area contributed by atoms with E-state index in [0.717, 1.165) is 0 Å². The summed E-state index contributed by atoms with van der Waals surface area (Å²) in [6.45, 7) is 4.96. The molecule has 2 heterocycles. The van der Waals surface area contributed by atoms with Gasteiger partial charge in [-0.1, -0.05) is 28.9 Å². The molecule has 0 aliphatic carbocycles. The number of benzene rings is 1. The number of carbonyl (C=O) groups excluding carboxylic acids is 1. The molecule has 1 amide bonds. The van der Waals surface area contributed by atoms with Gasteiger partial charge in [-0.3, -0.25) is 0 Å². The van der Waals surface area contributed by atoms with E-state index in [9.17, 15) is 9.90 Å². The maximum Gasteiger partial charge on any atom is 0.407 e. The maximum absolute atomic E-state index is 11.9. The highest BCUT2D eigenvalue weighted by Crippen LogP contribution is 2.25. The van der Waals surface area contributed by atoms with Crippen LogP contribution in [0.2, 0.25) is 5.02 Å². The second kappa shape index (κ2) is 9.76. The Kier molecular flexibility index (Phi) is 7.09. The van der Waals surface area contributed by atoms with Gasteiger partial charge in [0.2, 0.25) is 17.6 Å². The zero-order chi connectivity index (χ0) is 22.4. The van der Waals surface area contributed by atoms with Crippen LogP contribution in [0.15, 0.2) is 47.1 Å². The molecule has 0 saturated heterocycles. The molecule has 0 bridgehead atoms. The van der Waals surface area contributed by atoms with Gasteiger partial charge in [0.15, 0.2) is 0 Å². The van der Waals surface area contributed by atoms with Crippen LogP contribution in [0.1, 0.15) is 26.7 Å². The third-order valence-electron chi connectivity index (χ3n) is 3.85. The Labute approximate surface area is 184 Å². The third kappa shape index (κ3) is 6.94. The summed E-state index contributed by atoms with van der Waals surface area (Å²) in [4.78, 5) is 20.3. The molecule has 0 aliphatic rings. The molecule has 0 saturated carbocycles. The van der Waals surface area contributed by atoms with E-state index >= 15 is 0 Å². The van der Waals surface area contributed by atoms with Crippen molar-refractivity contribution in [3.8, 4) is 23.0 Å². The quantitative estimate of drug-likeness (QED) is 0.558. The number of hydrogen-bond acceptors (Lipinski definition) is 8.